The molecule has 2 aliphatic heterocycles. The highest BCUT2D eigenvalue weighted by Gasteiger charge is 2.48. The van der Waals surface area contributed by atoms with Gasteiger partial charge in [-0.2, -0.15) is 8.75 Å². The number of thiophene rings is 2. The summed E-state index contributed by atoms with van der Waals surface area (Å²) in [5.74, 6) is 1.93. The number of nitrogens with zero attached hydrogens (tertiary/aromatic N) is 2. The molecule has 1 atom stereocenters. The molecule has 3 aromatic heterocycles. The molecule has 0 saturated heterocycles. The molecular weight excluding hydrogens is 913 g/mol. The number of hydrogen-bond acceptors (Lipinski definition) is 7. The highest BCUT2D eigenvalue weighted by atomic mass is 32.1. The van der Waals surface area contributed by atoms with Crippen LogP contribution in [-0.2, 0) is 11.2 Å². The molecule has 0 saturated carbocycles. The van der Waals surface area contributed by atoms with E-state index in [-0.39, 0.29) is 11.2 Å². The maximum absolute atomic E-state index is 7.87. The van der Waals surface area contributed by atoms with E-state index in [1.54, 1.807) is 0 Å². The molecule has 1 aromatic carbocycles. The van der Waals surface area contributed by atoms with Crippen LogP contribution in [0.25, 0.3) is 31.9 Å². The average molecular weight is 1020 g/mol. The molecule has 0 radical (unpaired) electrons. The number of aromatic nitrogens is 2. The molecule has 1 unspecified atom stereocenters. The Morgan fingerprint density at radius 1 is 0.357 bits per heavy atom. The number of hydrogen-bond donors (Lipinski definition) is 0. The van der Waals surface area contributed by atoms with E-state index in [9.17, 15) is 0 Å². The van der Waals surface area contributed by atoms with Crippen LogP contribution in [-0.4, -0.2) is 8.75 Å². The number of rotatable bonds is 43. The van der Waals surface area contributed by atoms with Crippen molar-refractivity contribution in [3.8, 4) is 32.4 Å². The Balaban J connectivity index is 1.13. The minimum Gasteiger partial charge on any atom is -0.478 e. The van der Waals surface area contributed by atoms with Gasteiger partial charge in [0.05, 0.1) is 22.9 Å². The molecule has 4 aromatic rings. The Kier molecular flexibility index (Phi) is 27.1. The Labute approximate surface area is 442 Å². The number of unbranched alkanes of at least 4 members (excludes halogenated alkanes) is 36. The van der Waals surface area contributed by atoms with E-state index in [0.717, 1.165) is 59.3 Å². The van der Waals surface area contributed by atoms with Crippen LogP contribution < -0.4 is 9.47 Å². The van der Waals surface area contributed by atoms with Crippen molar-refractivity contribution in [3.63, 3.8) is 0 Å². The fourth-order valence-corrected chi connectivity index (χ4v) is 14.8. The Hall–Kier alpha value is -1.96. The largest absolute Gasteiger partial charge is 0.478 e. The van der Waals surface area contributed by atoms with Gasteiger partial charge in [0.1, 0.15) is 22.2 Å². The molecule has 0 fully saturated rings. The van der Waals surface area contributed by atoms with Gasteiger partial charge < -0.3 is 9.47 Å². The topological polar surface area (TPSA) is 44.2 Å². The third-order valence-corrected chi connectivity index (χ3v) is 19.0. The fourth-order valence-electron chi connectivity index (χ4n) is 12.2. The molecule has 0 aliphatic carbocycles. The summed E-state index contributed by atoms with van der Waals surface area (Å²) < 4.78 is 25.7. The lowest BCUT2D eigenvalue weighted by Gasteiger charge is -2.44. The quantitative estimate of drug-likeness (QED) is 0.0415. The number of benzene rings is 1. The van der Waals surface area contributed by atoms with Gasteiger partial charge in [-0.25, -0.2) is 0 Å². The van der Waals surface area contributed by atoms with Gasteiger partial charge in [0, 0.05) is 20.9 Å². The smallest absolute Gasteiger partial charge is 0.174 e. The summed E-state index contributed by atoms with van der Waals surface area (Å²) in [6, 6.07) is 4.79. The minimum absolute atomic E-state index is 0.355. The molecule has 394 valence electrons. The monoisotopic (exact) mass is 1010 g/mol. The van der Waals surface area contributed by atoms with Crippen molar-refractivity contribution in [2.75, 3.05) is 0 Å². The van der Waals surface area contributed by atoms with E-state index in [4.69, 9.17) is 18.2 Å². The zero-order chi connectivity index (χ0) is 49.0. The standard InChI is InChI=1S/C63H102N2O2S3/c1-5-9-12-15-18-21-24-27-30-33-36-39-42-47-62(8-4)52-45-50-68-60(52)54-56-57(65-70-64-56)55-59(58(54)66-62)67-63(53-46-51-69-61(53)55,48-43-40-37-34-31-28-25-22-19-16-13-10-6-2)49-44-41-38-35-32-29-26-23-20-17-14-11-7-3/h45-46,50-51H,5-44,47-49H2,1-4H3. The van der Waals surface area contributed by atoms with Gasteiger partial charge in [-0.05, 0) is 67.8 Å². The second-order valence-electron chi connectivity index (χ2n) is 22.2. The maximum atomic E-state index is 7.87. The van der Waals surface area contributed by atoms with E-state index < -0.39 is 0 Å². The van der Waals surface area contributed by atoms with Crippen LogP contribution in [0.1, 0.15) is 315 Å². The van der Waals surface area contributed by atoms with Crippen molar-refractivity contribution in [3.05, 3.63) is 34.0 Å². The van der Waals surface area contributed by atoms with Gasteiger partial charge in [0.15, 0.2) is 11.5 Å². The van der Waals surface area contributed by atoms with Gasteiger partial charge in [-0.1, -0.05) is 259 Å². The molecule has 0 amide bonds. The van der Waals surface area contributed by atoms with Crippen molar-refractivity contribution in [1.82, 2.24) is 8.75 Å². The number of ether oxygens (including phenoxy) is 2. The normalized spacial score (nSPS) is 15.7. The average Bonchev–Trinajstić information content (AvgIpc) is 4.19. The third-order valence-electron chi connectivity index (χ3n) is 16.6. The summed E-state index contributed by atoms with van der Waals surface area (Å²) >= 11 is 5.11. The lowest BCUT2D eigenvalue weighted by molar-refractivity contribution is 0.0152. The summed E-state index contributed by atoms with van der Waals surface area (Å²) in [4.78, 5) is 2.68. The molecule has 0 spiro atoms. The van der Waals surface area contributed by atoms with Gasteiger partial charge in [0.2, 0.25) is 0 Å². The molecular formula is C63H102N2O2S3. The van der Waals surface area contributed by atoms with Crippen LogP contribution in [0.15, 0.2) is 22.9 Å². The SMILES string of the molecule is CCCCCCCCCCCCCCCC1(CC)Oc2c3c(c4nsnc4c2-c2sccc21)-c1sccc1C(CCCCCCCCCCCCCCC)(CCCCCCCCCCCCCCC)O3. The van der Waals surface area contributed by atoms with E-state index in [0.29, 0.717) is 0 Å². The summed E-state index contributed by atoms with van der Waals surface area (Å²) in [7, 11) is 0. The second kappa shape index (κ2) is 33.1. The summed E-state index contributed by atoms with van der Waals surface area (Å²) in [5.41, 5.74) is 6.32. The first-order valence-electron chi connectivity index (χ1n) is 30.5. The molecule has 5 heterocycles. The van der Waals surface area contributed by atoms with Gasteiger partial charge in [-0.3, -0.25) is 0 Å². The Morgan fingerprint density at radius 2 is 0.629 bits per heavy atom. The van der Waals surface area contributed by atoms with Crippen LogP contribution in [0.5, 0.6) is 11.5 Å². The van der Waals surface area contributed by atoms with Crippen LogP contribution in [0.3, 0.4) is 0 Å². The zero-order valence-corrected chi connectivity index (χ0v) is 48.1. The van der Waals surface area contributed by atoms with Gasteiger partial charge in [-0.15, -0.1) is 22.7 Å². The van der Waals surface area contributed by atoms with E-state index in [1.807, 2.05) is 22.7 Å². The Morgan fingerprint density at radius 3 is 0.943 bits per heavy atom. The lowest BCUT2D eigenvalue weighted by atomic mass is 9.79. The highest BCUT2D eigenvalue weighted by Crippen LogP contribution is 2.63. The van der Waals surface area contributed by atoms with Crippen LogP contribution in [0.2, 0.25) is 0 Å². The van der Waals surface area contributed by atoms with Crippen molar-refractivity contribution in [1.29, 1.82) is 0 Å². The summed E-state index contributed by atoms with van der Waals surface area (Å²) in [5, 5.41) is 4.63. The molecule has 4 nitrogen and oxygen atoms in total. The van der Waals surface area contributed by atoms with Crippen molar-refractivity contribution < 1.29 is 9.47 Å². The maximum Gasteiger partial charge on any atom is 0.174 e. The van der Waals surface area contributed by atoms with Crippen LogP contribution in [0.4, 0.5) is 0 Å². The molecule has 6 rings (SSSR count). The first-order chi connectivity index (χ1) is 34.6. The van der Waals surface area contributed by atoms with Crippen LogP contribution >= 0.6 is 34.4 Å². The highest BCUT2D eigenvalue weighted by molar-refractivity contribution is 7.14. The first-order valence-corrected chi connectivity index (χ1v) is 33.0. The zero-order valence-electron chi connectivity index (χ0n) is 45.7. The Bertz CT molecular complexity index is 1950. The minimum atomic E-state index is -0.364. The summed E-state index contributed by atoms with van der Waals surface area (Å²) in [6.07, 6.45) is 57.7. The predicted molar refractivity (Wildman–Crippen MR) is 310 cm³/mol. The van der Waals surface area contributed by atoms with Crippen molar-refractivity contribution in [2.45, 2.75) is 315 Å². The second-order valence-corrected chi connectivity index (χ2v) is 24.6. The molecule has 2 aliphatic rings. The first kappa shape index (κ1) is 57.3. The van der Waals surface area contributed by atoms with Crippen molar-refractivity contribution in [2.24, 2.45) is 0 Å². The van der Waals surface area contributed by atoms with Crippen molar-refractivity contribution >= 4 is 45.4 Å². The molecule has 70 heavy (non-hydrogen) atoms. The van der Waals surface area contributed by atoms with Crippen LogP contribution in [0, 0.1) is 0 Å². The predicted octanol–water partition coefficient (Wildman–Crippen LogP) is 23.2. The van der Waals surface area contributed by atoms with E-state index in [2.05, 4.69) is 50.6 Å². The fraction of sp³-hybridized carbons (Fsp3) is 0.778. The summed E-state index contributed by atoms with van der Waals surface area (Å²) in [6.45, 7) is 9.30. The van der Waals surface area contributed by atoms with E-state index in [1.165, 1.54) is 283 Å². The number of fused-ring (bicyclic) bond motifs is 10. The molecule has 7 heteroatoms. The van der Waals surface area contributed by atoms with E-state index >= 15 is 0 Å². The third kappa shape index (κ3) is 16.8. The van der Waals surface area contributed by atoms with Gasteiger partial charge >= 0.3 is 0 Å². The lowest BCUT2D eigenvalue weighted by Crippen LogP contribution is -2.38. The molecule has 0 bridgehead atoms. The van der Waals surface area contributed by atoms with Gasteiger partial charge in [0.25, 0.3) is 0 Å². The molecule has 0 N–H and O–H groups in total.